The number of para-hydroxylation sites is 1. The van der Waals surface area contributed by atoms with E-state index in [1.165, 1.54) is 12.8 Å². The van der Waals surface area contributed by atoms with Crippen LogP contribution in [0.1, 0.15) is 31.2 Å². The van der Waals surface area contributed by atoms with Crippen LogP contribution >= 0.6 is 0 Å². The van der Waals surface area contributed by atoms with Crippen LogP contribution in [-0.2, 0) is 16.0 Å². The van der Waals surface area contributed by atoms with E-state index in [4.69, 9.17) is 9.84 Å². The number of carbonyl (C=O) groups is 2. The molecule has 0 aromatic heterocycles. The summed E-state index contributed by atoms with van der Waals surface area (Å²) in [4.78, 5) is 24.8. The van der Waals surface area contributed by atoms with Gasteiger partial charge < -0.3 is 14.7 Å². The summed E-state index contributed by atoms with van der Waals surface area (Å²) in [7, 11) is 0. The normalized spacial score (nSPS) is 15.3. The molecule has 0 spiro atoms. The Morgan fingerprint density at radius 3 is 2.43 bits per heavy atom. The lowest BCUT2D eigenvalue weighted by molar-refractivity contribution is -0.136. The Kier molecular flexibility index (Phi) is 5.60. The van der Waals surface area contributed by atoms with E-state index in [-0.39, 0.29) is 18.9 Å². The fraction of sp³-hybridized carbons (Fsp3) is 0.500. The van der Waals surface area contributed by atoms with Crippen molar-refractivity contribution in [3.05, 3.63) is 29.8 Å². The summed E-state index contributed by atoms with van der Waals surface area (Å²) in [6.45, 7) is 1.55. The second kappa shape index (κ2) is 7.67. The number of carboxylic acid groups (broad SMARTS) is 1. The zero-order valence-electron chi connectivity index (χ0n) is 12.1. The van der Waals surface area contributed by atoms with Crippen molar-refractivity contribution in [3.63, 3.8) is 0 Å². The molecule has 1 aromatic carbocycles. The van der Waals surface area contributed by atoms with Crippen molar-refractivity contribution >= 4 is 11.9 Å². The van der Waals surface area contributed by atoms with Crippen LogP contribution in [0.4, 0.5) is 0 Å². The van der Waals surface area contributed by atoms with Gasteiger partial charge in [-0.3, -0.25) is 9.59 Å². The maximum atomic E-state index is 12.1. The molecule has 5 heteroatoms. The maximum Gasteiger partial charge on any atom is 0.307 e. The third kappa shape index (κ3) is 4.77. The van der Waals surface area contributed by atoms with Gasteiger partial charge in [-0.15, -0.1) is 0 Å². The Bertz CT molecular complexity index is 493. The Labute approximate surface area is 124 Å². The van der Waals surface area contributed by atoms with Gasteiger partial charge in [-0.2, -0.15) is 0 Å². The van der Waals surface area contributed by atoms with E-state index >= 15 is 0 Å². The zero-order valence-corrected chi connectivity index (χ0v) is 12.1. The van der Waals surface area contributed by atoms with Gasteiger partial charge in [0.2, 0.25) is 0 Å². The highest BCUT2D eigenvalue weighted by atomic mass is 16.5. The van der Waals surface area contributed by atoms with Crippen LogP contribution in [0, 0.1) is 0 Å². The molecule has 1 aromatic rings. The minimum absolute atomic E-state index is 0.0259. The number of hydrogen-bond donors (Lipinski definition) is 1. The molecule has 1 aliphatic heterocycles. The number of ether oxygens (including phenoxy) is 1. The number of hydrogen-bond acceptors (Lipinski definition) is 3. The van der Waals surface area contributed by atoms with E-state index in [0.717, 1.165) is 25.9 Å². The van der Waals surface area contributed by atoms with Crippen molar-refractivity contribution in [2.75, 3.05) is 19.7 Å². The molecule has 114 valence electrons. The Morgan fingerprint density at radius 1 is 1.10 bits per heavy atom. The minimum atomic E-state index is -0.912. The van der Waals surface area contributed by atoms with Crippen LogP contribution in [-0.4, -0.2) is 41.6 Å². The molecule has 21 heavy (non-hydrogen) atoms. The molecule has 5 nitrogen and oxygen atoms in total. The summed E-state index contributed by atoms with van der Waals surface area (Å²) in [5, 5.41) is 8.87. The molecule has 1 amide bonds. The van der Waals surface area contributed by atoms with E-state index in [1.54, 1.807) is 24.3 Å². The number of amides is 1. The number of carbonyl (C=O) groups excluding carboxylic acids is 1. The second-order valence-corrected chi connectivity index (χ2v) is 5.26. The predicted molar refractivity (Wildman–Crippen MR) is 78.3 cm³/mol. The van der Waals surface area contributed by atoms with Crippen molar-refractivity contribution in [3.8, 4) is 5.75 Å². The Hall–Kier alpha value is -2.04. The zero-order chi connectivity index (χ0) is 15.1. The molecule has 0 saturated carbocycles. The van der Waals surface area contributed by atoms with Gasteiger partial charge in [0.25, 0.3) is 5.91 Å². The van der Waals surface area contributed by atoms with Crippen molar-refractivity contribution in [1.29, 1.82) is 0 Å². The van der Waals surface area contributed by atoms with Crippen molar-refractivity contribution in [2.45, 2.75) is 32.1 Å². The third-order valence-electron chi connectivity index (χ3n) is 3.62. The Morgan fingerprint density at radius 2 is 1.76 bits per heavy atom. The first-order chi connectivity index (χ1) is 10.2. The first-order valence-electron chi connectivity index (χ1n) is 7.37. The van der Waals surface area contributed by atoms with Crippen LogP contribution in [0.2, 0.25) is 0 Å². The molecule has 1 fully saturated rings. The van der Waals surface area contributed by atoms with Crippen molar-refractivity contribution < 1.29 is 19.4 Å². The molecule has 1 aliphatic rings. The van der Waals surface area contributed by atoms with Gasteiger partial charge in [0.1, 0.15) is 5.75 Å². The van der Waals surface area contributed by atoms with Gasteiger partial charge in [0.15, 0.2) is 6.61 Å². The lowest BCUT2D eigenvalue weighted by atomic mass is 10.1. The number of likely N-dealkylation sites (tertiary alicyclic amines) is 1. The number of benzene rings is 1. The summed E-state index contributed by atoms with van der Waals surface area (Å²) in [5.41, 5.74) is 0.591. The average Bonchev–Trinajstić information content (AvgIpc) is 2.74. The first-order valence-corrected chi connectivity index (χ1v) is 7.37. The molecule has 0 bridgehead atoms. The SMILES string of the molecule is O=C(O)Cc1ccccc1OCC(=O)N1CCCCCC1. The molecule has 1 saturated heterocycles. The van der Waals surface area contributed by atoms with E-state index in [1.807, 2.05) is 4.90 Å². The molecule has 1 heterocycles. The molecule has 2 rings (SSSR count). The largest absolute Gasteiger partial charge is 0.483 e. The highest BCUT2D eigenvalue weighted by Gasteiger charge is 2.16. The molecular formula is C16H21NO4. The number of aliphatic carboxylic acids is 1. The van der Waals surface area contributed by atoms with Gasteiger partial charge in [0, 0.05) is 18.7 Å². The topological polar surface area (TPSA) is 66.8 Å². The van der Waals surface area contributed by atoms with Gasteiger partial charge in [0.05, 0.1) is 6.42 Å². The fourth-order valence-corrected chi connectivity index (χ4v) is 2.50. The molecule has 0 aliphatic carbocycles. The monoisotopic (exact) mass is 291 g/mol. The lowest BCUT2D eigenvalue weighted by Gasteiger charge is -2.20. The molecular weight excluding hydrogens is 270 g/mol. The number of carboxylic acids is 1. The second-order valence-electron chi connectivity index (χ2n) is 5.26. The smallest absolute Gasteiger partial charge is 0.307 e. The van der Waals surface area contributed by atoms with Crippen LogP contribution in [0.5, 0.6) is 5.75 Å². The highest BCUT2D eigenvalue weighted by Crippen LogP contribution is 2.19. The van der Waals surface area contributed by atoms with Crippen LogP contribution < -0.4 is 4.74 Å². The quantitative estimate of drug-likeness (QED) is 0.902. The van der Waals surface area contributed by atoms with Crippen molar-refractivity contribution in [1.82, 2.24) is 4.90 Å². The maximum absolute atomic E-state index is 12.1. The van der Waals surface area contributed by atoms with Gasteiger partial charge in [-0.05, 0) is 18.9 Å². The lowest BCUT2D eigenvalue weighted by Crippen LogP contribution is -2.35. The summed E-state index contributed by atoms with van der Waals surface area (Å²) in [5.74, 6) is -0.463. The predicted octanol–water partition coefficient (Wildman–Crippen LogP) is 2.10. The van der Waals surface area contributed by atoms with E-state index in [2.05, 4.69) is 0 Å². The molecule has 0 radical (unpaired) electrons. The van der Waals surface area contributed by atoms with Crippen molar-refractivity contribution in [2.24, 2.45) is 0 Å². The first kappa shape index (κ1) is 15.4. The third-order valence-corrected chi connectivity index (χ3v) is 3.62. The summed E-state index contributed by atoms with van der Waals surface area (Å²) >= 11 is 0. The Balaban J connectivity index is 1.92. The van der Waals surface area contributed by atoms with E-state index in [0.29, 0.717) is 11.3 Å². The van der Waals surface area contributed by atoms with Gasteiger partial charge in [-0.25, -0.2) is 0 Å². The van der Waals surface area contributed by atoms with E-state index < -0.39 is 5.97 Å². The number of nitrogens with zero attached hydrogens (tertiary/aromatic N) is 1. The summed E-state index contributed by atoms with van der Waals surface area (Å²) < 4.78 is 5.54. The van der Waals surface area contributed by atoms with Crippen LogP contribution in [0.3, 0.4) is 0 Å². The molecule has 0 atom stereocenters. The molecule has 1 N–H and O–H groups in total. The minimum Gasteiger partial charge on any atom is -0.483 e. The van der Waals surface area contributed by atoms with Gasteiger partial charge >= 0.3 is 5.97 Å². The fourth-order valence-electron chi connectivity index (χ4n) is 2.50. The molecule has 0 unspecified atom stereocenters. The number of rotatable bonds is 5. The summed E-state index contributed by atoms with van der Waals surface area (Å²) in [6.07, 6.45) is 4.33. The van der Waals surface area contributed by atoms with Gasteiger partial charge in [-0.1, -0.05) is 31.0 Å². The van der Waals surface area contributed by atoms with Crippen LogP contribution in [0.25, 0.3) is 0 Å². The standard InChI is InChI=1S/C16H21NO4/c18-15(17-9-5-1-2-6-10-17)12-21-14-8-4-3-7-13(14)11-16(19)20/h3-4,7-8H,1-2,5-6,9-12H2,(H,19,20). The summed E-state index contributed by atoms with van der Waals surface area (Å²) in [6, 6.07) is 6.95. The van der Waals surface area contributed by atoms with Crippen LogP contribution in [0.15, 0.2) is 24.3 Å². The average molecular weight is 291 g/mol. The highest BCUT2D eigenvalue weighted by molar-refractivity contribution is 5.78. The van der Waals surface area contributed by atoms with E-state index in [9.17, 15) is 9.59 Å².